The lowest BCUT2D eigenvalue weighted by molar-refractivity contribution is -0.141. The van der Waals surface area contributed by atoms with Crippen LogP contribution in [-0.2, 0) is 6.54 Å². The number of aromatic nitrogens is 3. The standard InChI is InChI=1S/C13H16BF3N4S/c1-12(2,3)22-20-11(14)9-4-8-5-19-21(7-13(15,16)17)10(8)6-18-9/h4-6,11,20H,7H2,1-3H3. The third kappa shape index (κ3) is 4.64. The molecule has 0 amide bonds. The molecule has 2 radical (unpaired) electrons. The zero-order valence-corrected chi connectivity index (χ0v) is 13.3. The maximum Gasteiger partial charge on any atom is 0.408 e. The molecule has 2 rings (SSSR count). The summed E-state index contributed by atoms with van der Waals surface area (Å²) in [5.41, 5.74) is 0.882. The van der Waals surface area contributed by atoms with Gasteiger partial charge >= 0.3 is 6.18 Å². The lowest BCUT2D eigenvalue weighted by Crippen LogP contribution is -2.22. The van der Waals surface area contributed by atoms with Gasteiger partial charge in [0, 0.05) is 21.8 Å². The molecule has 0 fully saturated rings. The smallest absolute Gasteiger partial charge is 0.264 e. The van der Waals surface area contributed by atoms with Crippen molar-refractivity contribution in [2.75, 3.05) is 0 Å². The number of alkyl halides is 3. The van der Waals surface area contributed by atoms with Crippen LogP contribution in [0.3, 0.4) is 0 Å². The quantitative estimate of drug-likeness (QED) is 0.691. The van der Waals surface area contributed by atoms with Gasteiger partial charge in [0.05, 0.1) is 17.9 Å². The molecule has 1 N–H and O–H groups in total. The molecule has 0 aliphatic carbocycles. The van der Waals surface area contributed by atoms with E-state index in [9.17, 15) is 13.2 Å². The summed E-state index contributed by atoms with van der Waals surface area (Å²) in [5, 5.41) is 4.33. The van der Waals surface area contributed by atoms with E-state index in [4.69, 9.17) is 7.85 Å². The number of hydrogen-bond acceptors (Lipinski definition) is 4. The van der Waals surface area contributed by atoms with Crippen molar-refractivity contribution in [1.29, 1.82) is 0 Å². The van der Waals surface area contributed by atoms with Gasteiger partial charge in [0.2, 0.25) is 0 Å². The van der Waals surface area contributed by atoms with Gasteiger partial charge in [0.1, 0.15) is 14.4 Å². The van der Waals surface area contributed by atoms with Crippen LogP contribution < -0.4 is 4.72 Å². The summed E-state index contributed by atoms with van der Waals surface area (Å²) in [4.78, 5) is 4.14. The molecule has 2 aromatic rings. The van der Waals surface area contributed by atoms with Gasteiger partial charge in [0.15, 0.2) is 0 Å². The molecule has 0 spiro atoms. The summed E-state index contributed by atoms with van der Waals surface area (Å²) in [6, 6.07) is 1.65. The predicted octanol–water partition coefficient (Wildman–Crippen LogP) is 3.20. The van der Waals surface area contributed by atoms with Gasteiger partial charge in [-0.15, -0.1) is 0 Å². The van der Waals surface area contributed by atoms with E-state index in [-0.39, 0.29) is 4.75 Å². The Morgan fingerprint density at radius 1 is 1.32 bits per heavy atom. The molecule has 1 unspecified atom stereocenters. The number of halogens is 3. The monoisotopic (exact) mass is 328 g/mol. The number of nitrogens with zero attached hydrogens (tertiary/aromatic N) is 3. The average molecular weight is 328 g/mol. The van der Waals surface area contributed by atoms with E-state index in [2.05, 4.69) is 14.8 Å². The first-order valence-electron chi connectivity index (χ1n) is 6.62. The van der Waals surface area contributed by atoms with Crippen LogP contribution in [0.25, 0.3) is 10.9 Å². The van der Waals surface area contributed by atoms with E-state index in [1.54, 1.807) is 6.07 Å². The number of nitrogens with one attached hydrogen (secondary N) is 1. The van der Waals surface area contributed by atoms with Gasteiger partial charge in [-0.3, -0.25) is 14.4 Å². The minimum Gasteiger partial charge on any atom is -0.264 e. The zero-order valence-electron chi connectivity index (χ0n) is 12.5. The normalized spacial score (nSPS) is 14.5. The lowest BCUT2D eigenvalue weighted by atomic mass is 9.93. The first-order valence-corrected chi connectivity index (χ1v) is 7.44. The molecule has 0 aliphatic heterocycles. The Labute approximate surface area is 132 Å². The van der Waals surface area contributed by atoms with Gasteiger partial charge in [-0.1, -0.05) is 11.9 Å². The summed E-state index contributed by atoms with van der Waals surface area (Å²) in [5.74, 6) is -0.514. The lowest BCUT2D eigenvalue weighted by Gasteiger charge is -2.21. The highest BCUT2D eigenvalue weighted by Gasteiger charge is 2.29. The molecule has 9 heteroatoms. The predicted molar refractivity (Wildman–Crippen MR) is 82.6 cm³/mol. The highest BCUT2D eigenvalue weighted by Crippen LogP contribution is 2.25. The average Bonchev–Trinajstić information content (AvgIpc) is 2.75. The number of pyridine rings is 1. The van der Waals surface area contributed by atoms with E-state index in [0.29, 0.717) is 16.6 Å². The van der Waals surface area contributed by atoms with Crippen LogP contribution in [0.2, 0.25) is 0 Å². The van der Waals surface area contributed by atoms with Crippen LogP contribution in [0.5, 0.6) is 0 Å². The van der Waals surface area contributed by atoms with E-state index in [0.717, 1.165) is 4.68 Å². The van der Waals surface area contributed by atoms with Crippen LogP contribution in [0.4, 0.5) is 13.2 Å². The van der Waals surface area contributed by atoms with Crippen molar-refractivity contribution in [3.05, 3.63) is 24.2 Å². The SMILES string of the molecule is [B]C(NSC(C)(C)C)c1cc2cnn(CC(F)(F)F)c2cn1. The van der Waals surface area contributed by atoms with Crippen molar-refractivity contribution in [2.45, 2.75) is 44.2 Å². The number of hydrogen-bond donors (Lipinski definition) is 1. The van der Waals surface area contributed by atoms with Crippen molar-refractivity contribution in [2.24, 2.45) is 0 Å². The third-order valence-electron chi connectivity index (χ3n) is 2.69. The third-order valence-corrected chi connectivity index (χ3v) is 3.67. The topological polar surface area (TPSA) is 42.7 Å². The van der Waals surface area contributed by atoms with E-state index >= 15 is 0 Å². The second-order valence-corrected chi connectivity index (χ2v) is 7.56. The Morgan fingerprint density at radius 3 is 2.59 bits per heavy atom. The molecule has 0 aliphatic rings. The van der Waals surface area contributed by atoms with Gasteiger partial charge in [0.25, 0.3) is 0 Å². The molecular formula is C13H16BF3N4S. The number of rotatable bonds is 4. The summed E-state index contributed by atoms with van der Waals surface area (Å²) < 4.78 is 41.3. The maximum atomic E-state index is 12.5. The van der Waals surface area contributed by atoms with Crippen molar-refractivity contribution < 1.29 is 13.2 Å². The molecule has 2 heterocycles. The van der Waals surface area contributed by atoms with Gasteiger partial charge in [-0.05, 0) is 26.8 Å². The fourth-order valence-electron chi connectivity index (χ4n) is 1.76. The second-order valence-electron chi connectivity index (χ2n) is 5.90. The Hall–Kier alpha value is -1.22. The molecule has 22 heavy (non-hydrogen) atoms. The van der Waals surface area contributed by atoms with Crippen molar-refractivity contribution in [3.8, 4) is 0 Å². The molecule has 0 saturated carbocycles. The largest absolute Gasteiger partial charge is 0.408 e. The summed E-state index contributed by atoms with van der Waals surface area (Å²) in [6.45, 7) is 4.97. The van der Waals surface area contributed by atoms with Gasteiger partial charge in [-0.2, -0.15) is 18.3 Å². The number of fused-ring (bicyclic) bond motifs is 1. The van der Waals surface area contributed by atoms with E-state index < -0.39 is 18.7 Å². The summed E-state index contributed by atoms with van der Waals surface area (Å²) >= 11 is 1.47. The van der Waals surface area contributed by atoms with Crippen LogP contribution in [0.1, 0.15) is 32.4 Å². The maximum absolute atomic E-state index is 12.5. The molecule has 1 atom stereocenters. The van der Waals surface area contributed by atoms with Crippen LogP contribution in [-0.4, -0.2) is 33.5 Å². The minimum absolute atomic E-state index is 0.0146. The molecule has 0 aromatic carbocycles. The Kier molecular flexibility index (Phi) is 4.77. The molecule has 0 saturated heterocycles. The highest BCUT2D eigenvalue weighted by molar-refractivity contribution is 7.98. The van der Waals surface area contributed by atoms with Crippen molar-refractivity contribution >= 4 is 30.7 Å². The summed E-state index contributed by atoms with van der Waals surface area (Å²) in [6.07, 6.45) is -1.57. The van der Waals surface area contributed by atoms with Gasteiger partial charge < -0.3 is 0 Å². The Bertz CT molecular complexity index is 651. The molecule has 4 nitrogen and oxygen atoms in total. The van der Waals surface area contributed by atoms with Crippen LogP contribution >= 0.6 is 11.9 Å². The second kappa shape index (κ2) is 6.12. The first kappa shape index (κ1) is 17.1. The fourth-order valence-corrected chi connectivity index (χ4v) is 2.36. The molecular weight excluding hydrogens is 312 g/mol. The molecule has 2 aromatic heterocycles. The van der Waals surface area contributed by atoms with E-state index in [1.165, 1.54) is 24.3 Å². The Morgan fingerprint density at radius 2 is 2.00 bits per heavy atom. The van der Waals surface area contributed by atoms with Crippen LogP contribution in [0.15, 0.2) is 18.5 Å². The zero-order chi connectivity index (χ0) is 16.5. The van der Waals surface area contributed by atoms with Gasteiger partial charge in [-0.25, -0.2) is 0 Å². The van der Waals surface area contributed by atoms with E-state index in [1.807, 2.05) is 20.8 Å². The minimum atomic E-state index is -4.32. The van der Waals surface area contributed by atoms with Crippen molar-refractivity contribution in [3.63, 3.8) is 0 Å². The summed E-state index contributed by atoms with van der Waals surface area (Å²) in [7, 11) is 6.00. The Balaban J connectivity index is 2.18. The molecule has 118 valence electrons. The first-order chi connectivity index (χ1) is 10.1. The highest BCUT2D eigenvalue weighted by atomic mass is 32.2. The van der Waals surface area contributed by atoms with Crippen molar-refractivity contribution in [1.82, 2.24) is 19.5 Å². The molecule has 0 bridgehead atoms. The fraction of sp³-hybridized carbons (Fsp3) is 0.538. The van der Waals surface area contributed by atoms with Crippen LogP contribution in [0, 0.1) is 0 Å².